The van der Waals surface area contributed by atoms with Crippen LogP contribution in [0, 0.1) is 11.8 Å². The zero-order valence-corrected chi connectivity index (χ0v) is 12.4. The van der Waals surface area contributed by atoms with Crippen molar-refractivity contribution in [1.29, 1.82) is 0 Å². The molecule has 2 nitrogen and oxygen atoms in total. The normalized spacial score (nSPS) is 19.1. The van der Waals surface area contributed by atoms with Crippen molar-refractivity contribution in [1.82, 2.24) is 5.32 Å². The summed E-state index contributed by atoms with van der Waals surface area (Å²) in [4.78, 5) is 12.0. The van der Waals surface area contributed by atoms with E-state index in [-0.39, 0.29) is 5.91 Å². The minimum absolute atomic E-state index is 0.0413. The second-order valence-corrected chi connectivity index (χ2v) is 6.42. The van der Waals surface area contributed by atoms with Gasteiger partial charge < -0.3 is 5.32 Å². The van der Waals surface area contributed by atoms with Crippen LogP contribution < -0.4 is 5.32 Å². The number of benzene rings is 1. The predicted octanol–water partition coefficient (Wildman–Crippen LogP) is 3.77. The highest BCUT2D eigenvalue weighted by molar-refractivity contribution is 9.10. The summed E-state index contributed by atoms with van der Waals surface area (Å²) < 4.78 is 1.01. The Hall–Kier alpha value is -1.09. The molecular weight excluding hydrogens is 302 g/mol. The van der Waals surface area contributed by atoms with Gasteiger partial charge in [-0.05, 0) is 55.2 Å². The first-order valence-corrected chi connectivity index (χ1v) is 7.76. The number of hydrogen-bond donors (Lipinski definition) is 1. The number of amides is 1. The lowest BCUT2D eigenvalue weighted by molar-refractivity contribution is -0.117. The molecule has 0 aliphatic heterocycles. The van der Waals surface area contributed by atoms with Crippen molar-refractivity contribution in [3.05, 3.63) is 40.4 Å². The van der Waals surface area contributed by atoms with Crippen molar-refractivity contribution < 1.29 is 4.79 Å². The molecule has 3 heteroatoms. The predicted molar refractivity (Wildman–Crippen MR) is 80.6 cm³/mol. The molecule has 0 aromatic heterocycles. The molecule has 100 valence electrons. The second-order valence-electron chi connectivity index (χ2n) is 5.56. The van der Waals surface area contributed by atoms with Crippen LogP contribution in [0.15, 0.2) is 34.8 Å². The third kappa shape index (κ3) is 3.47. The molecule has 0 unspecified atom stereocenters. The quantitative estimate of drug-likeness (QED) is 0.822. The van der Waals surface area contributed by atoms with Crippen LogP contribution in [0.5, 0.6) is 0 Å². The van der Waals surface area contributed by atoms with E-state index in [4.69, 9.17) is 0 Å². The van der Waals surface area contributed by atoms with Gasteiger partial charge in [0.15, 0.2) is 0 Å². The highest BCUT2D eigenvalue weighted by Crippen LogP contribution is 2.44. The van der Waals surface area contributed by atoms with Gasteiger partial charge in [-0.3, -0.25) is 4.79 Å². The third-order valence-electron chi connectivity index (χ3n) is 3.89. The monoisotopic (exact) mass is 319 g/mol. The molecule has 3 rings (SSSR count). The molecule has 2 aliphatic rings. The van der Waals surface area contributed by atoms with E-state index in [1.807, 2.05) is 30.3 Å². The largest absolute Gasteiger partial charge is 0.349 e. The summed E-state index contributed by atoms with van der Waals surface area (Å²) in [6.45, 7) is 0. The number of carbonyl (C=O) groups excluding carboxylic acids is 1. The van der Waals surface area contributed by atoms with Gasteiger partial charge in [0.2, 0.25) is 5.91 Å². The third-order valence-corrected chi connectivity index (χ3v) is 4.61. The van der Waals surface area contributed by atoms with Crippen molar-refractivity contribution in [2.45, 2.75) is 31.7 Å². The number of rotatable bonds is 5. The van der Waals surface area contributed by atoms with Crippen LogP contribution in [0.2, 0.25) is 0 Å². The van der Waals surface area contributed by atoms with Crippen LogP contribution >= 0.6 is 15.9 Å². The Morgan fingerprint density at radius 3 is 2.42 bits per heavy atom. The Labute approximate surface area is 122 Å². The Morgan fingerprint density at radius 1 is 1.21 bits per heavy atom. The summed E-state index contributed by atoms with van der Waals surface area (Å²) in [7, 11) is 0. The van der Waals surface area contributed by atoms with E-state index >= 15 is 0 Å². The smallest absolute Gasteiger partial charge is 0.244 e. The molecule has 1 amide bonds. The van der Waals surface area contributed by atoms with Gasteiger partial charge in [0, 0.05) is 16.6 Å². The van der Waals surface area contributed by atoms with E-state index in [2.05, 4.69) is 21.2 Å². The summed E-state index contributed by atoms with van der Waals surface area (Å²) in [5.74, 6) is 1.53. The molecule has 2 fully saturated rings. The van der Waals surface area contributed by atoms with Crippen LogP contribution in [0.25, 0.3) is 6.08 Å². The highest BCUT2D eigenvalue weighted by atomic mass is 79.9. The van der Waals surface area contributed by atoms with E-state index in [1.54, 1.807) is 6.08 Å². The number of halogens is 1. The van der Waals surface area contributed by atoms with E-state index in [9.17, 15) is 4.79 Å². The molecule has 1 N–H and O–H groups in total. The summed E-state index contributed by atoms with van der Waals surface area (Å²) >= 11 is 3.48. The first kappa shape index (κ1) is 12.9. The molecule has 0 spiro atoms. The second kappa shape index (κ2) is 5.49. The van der Waals surface area contributed by atoms with Gasteiger partial charge in [0.25, 0.3) is 0 Å². The molecule has 1 aromatic carbocycles. The fourth-order valence-electron chi connectivity index (χ4n) is 2.52. The van der Waals surface area contributed by atoms with Gasteiger partial charge in [-0.25, -0.2) is 0 Å². The summed E-state index contributed by atoms with van der Waals surface area (Å²) in [6.07, 6.45) is 8.67. The fraction of sp³-hybridized carbons (Fsp3) is 0.438. The number of carbonyl (C=O) groups is 1. The average molecular weight is 320 g/mol. The Bertz CT molecular complexity index is 491. The van der Waals surface area contributed by atoms with Crippen molar-refractivity contribution >= 4 is 27.9 Å². The molecule has 0 saturated heterocycles. The Balaban J connectivity index is 1.60. The minimum Gasteiger partial charge on any atom is -0.349 e. The SMILES string of the molecule is O=C(C=Cc1ccccc1Br)NC(C1CC1)C1CC1. The summed E-state index contributed by atoms with van der Waals surface area (Å²) in [5, 5.41) is 3.19. The lowest BCUT2D eigenvalue weighted by atomic mass is 10.1. The van der Waals surface area contributed by atoms with Crippen molar-refractivity contribution in [3.8, 4) is 0 Å². The lowest BCUT2D eigenvalue weighted by Crippen LogP contribution is -2.37. The molecule has 0 bridgehead atoms. The topological polar surface area (TPSA) is 29.1 Å². The Kier molecular flexibility index (Phi) is 3.74. The van der Waals surface area contributed by atoms with Gasteiger partial charge in [0.1, 0.15) is 0 Å². The van der Waals surface area contributed by atoms with Crippen LogP contribution in [0.3, 0.4) is 0 Å². The number of hydrogen-bond acceptors (Lipinski definition) is 1. The van der Waals surface area contributed by atoms with Gasteiger partial charge in [-0.1, -0.05) is 34.1 Å². The van der Waals surface area contributed by atoms with Crippen molar-refractivity contribution in [2.24, 2.45) is 11.8 Å². The summed E-state index contributed by atoms with van der Waals surface area (Å²) in [5.41, 5.74) is 1.03. The maximum absolute atomic E-state index is 12.0. The standard InChI is InChI=1S/C16H18BrNO/c17-14-4-2-1-3-11(14)9-10-15(19)18-16(12-5-6-12)13-7-8-13/h1-4,9-10,12-13,16H,5-8H2,(H,18,19). The molecule has 0 heterocycles. The van der Waals surface area contributed by atoms with Crippen LogP contribution in [0.4, 0.5) is 0 Å². The van der Waals surface area contributed by atoms with Gasteiger partial charge >= 0.3 is 0 Å². The van der Waals surface area contributed by atoms with Crippen molar-refractivity contribution in [3.63, 3.8) is 0 Å². The van der Waals surface area contributed by atoms with Crippen LogP contribution in [0.1, 0.15) is 31.2 Å². The zero-order valence-electron chi connectivity index (χ0n) is 10.8. The van der Waals surface area contributed by atoms with Gasteiger partial charge in [-0.15, -0.1) is 0 Å². The van der Waals surface area contributed by atoms with E-state index in [1.165, 1.54) is 25.7 Å². The summed E-state index contributed by atoms with van der Waals surface area (Å²) in [6, 6.07) is 8.34. The molecule has 0 atom stereocenters. The van der Waals surface area contributed by atoms with Crippen LogP contribution in [-0.2, 0) is 4.79 Å². The molecule has 2 saturated carbocycles. The number of nitrogens with one attached hydrogen (secondary N) is 1. The highest BCUT2D eigenvalue weighted by Gasteiger charge is 2.41. The maximum atomic E-state index is 12.0. The molecule has 0 radical (unpaired) electrons. The minimum atomic E-state index is 0.0413. The van der Waals surface area contributed by atoms with Crippen LogP contribution in [-0.4, -0.2) is 11.9 Å². The maximum Gasteiger partial charge on any atom is 0.244 e. The van der Waals surface area contributed by atoms with Crippen molar-refractivity contribution in [2.75, 3.05) is 0 Å². The van der Waals surface area contributed by atoms with Gasteiger partial charge in [0.05, 0.1) is 0 Å². The lowest BCUT2D eigenvalue weighted by Gasteiger charge is -2.16. The zero-order chi connectivity index (χ0) is 13.2. The fourth-order valence-corrected chi connectivity index (χ4v) is 2.94. The molecule has 19 heavy (non-hydrogen) atoms. The van der Waals surface area contributed by atoms with E-state index in [0.29, 0.717) is 6.04 Å². The first-order chi connectivity index (χ1) is 9.24. The average Bonchev–Trinajstić information content (AvgIpc) is 3.28. The molecule has 1 aromatic rings. The van der Waals surface area contributed by atoms with E-state index < -0.39 is 0 Å². The molecular formula is C16H18BrNO. The molecule has 2 aliphatic carbocycles. The van der Waals surface area contributed by atoms with Gasteiger partial charge in [-0.2, -0.15) is 0 Å². The van der Waals surface area contributed by atoms with E-state index in [0.717, 1.165) is 21.9 Å². The Morgan fingerprint density at radius 2 is 1.84 bits per heavy atom. The first-order valence-electron chi connectivity index (χ1n) is 6.97.